The molecule has 0 aliphatic heterocycles. The van der Waals surface area contributed by atoms with Crippen molar-refractivity contribution in [1.29, 1.82) is 0 Å². The van der Waals surface area contributed by atoms with E-state index in [0.29, 0.717) is 17.0 Å². The van der Waals surface area contributed by atoms with Gasteiger partial charge >= 0.3 is 0 Å². The van der Waals surface area contributed by atoms with Gasteiger partial charge in [0.1, 0.15) is 11.5 Å². The van der Waals surface area contributed by atoms with Crippen LogP contribution in [0, 0.1) is 6.92 Å². The normalized spacial score (nSPS) is 10.4. The van der Waals surface area contributed by atoms with Crippen LogP contribution in [-0.4, -0.2) is 27.6 Å². The lowest BCUT2D eigenvalue weighted by Gasteiger charge is -2.22. The molecule has 0 aromatic carbocycles. The summed E-state index contributed by atoms with van der Waals surface area (Å²) < 4.78 is 1.49. The van der Waals surface area contributed by atoms with Crippen molar-refractivity contribution in [1.82, 2.24) is 9.38 Å². The van der Waals surface area contributed by atoms with Crippen LogP contribution < -0.4 is 10.5 Å². The predicted molar refractivity (Wildman–Crippen MR) is 82.4 cm³/mol. The highest BCUT2D eigenvalue weighted by Crippen LogP contribution is 2.17. The van der Waals surface area contributed by atoms with Gasteiger partial charge in [-0.05, 0) is 32.4 Å². The predicted octanol–water partition coefficient (Wildman–Crippen LogP) is 1.98. The van der Waals surface area contributed by atoms with Crippen molar-refractivity contribution in [2.75, 3.05) is 18.0 Å². The third-order valence-corrected chi connectivity index (χ3v) is 3.34. The van der Waals surface area contributed by atoms with Gasteiger partial charge in [0.05, 0.1) is 12.2 Å². The molecule has 5 heteroatoms. The molecule has 0 unspecified atom stereocenters. The average molecular weight is 277 g/mol. The van der Waals surface area contributed by atoms with Gasteiger partial charge in [0.15, 0.2) is 0 Å². The van der Waals surface area contributed by atoms with Gasteiger partial charge in [0, 0.05) is 19.3 Å². The maximum atomic E-state index is 12.4. The molecule has 2 aromatic heterocycles. The highest BCUT2D eigenvalue weighted by Gasteiger charge is 2.16. The number of aliphatic hydroxyl groups is 1. The smallest absolute Gasteiger partial charge is 0.265 e. The van der Waals surface area contributed by atoms with Gasteiger partial charge < -0.3 is 10.0 Å². The van der Waals surface area contributed by atoms with Crippen LogP contribution in [0.2, 0.25) is 0 Å². The Hall–Kier alpha value is -1.88. The fourth-order valence-corrected chi connectivity index (χ4v) is 2.25. The van der Waals surface area contributed by atoms with E-state index in [2.05, 4.69) is 4.98 Å². The third-order valence-electron chi connectivity index (χ3n) is 3.34. The van der Waals surface area contributed by atoms with Gasteiger partial charge in [-0.3, -0.25) is 9.20 Å². The van der Waals surface area contributed by atoms with Crippen molar-refractivity contribution < 1.29 is 5.11 Å². The van der Waals surface area contributed by atoms with E-state index in [1.807, 2.05) is 37.8 Å². The number of nitrogens with zero attached hydrogens (tertiary/aromatic N) is 3. The Morgan fingerprint density at radius 1 is 1.35 bits per heavy atom. The molecule has 2 aromatic rings. The number of anilines is 1. The minimum absolute atomic E-state index is 0. The summed E-state index contributed by atoms with van der Waals surface area (Å²) in [5, 5.41) is 9.49. The van der Waals surface area contributed by atoms with E-state index >= 15 is 0 Å². The van der Waals surface area contributed by atoms with Gasteiger partial charge in [0.2, 0.25) is 0 Å². The summed E-state index contributed by atoms with van der Waals surface area (Å²) >= 11 is 0. The zero-order valence-electron chi connectivity index (χ0n) is 11.6. The maximum Gasteiger partial charge on any atom is 0.265 e. The number of aryl methyl sites for hydroxylation is 1. The van der Waals surface area contributed by atoms with E-state index in [1.54, 1.807) is 6.20 Å². The van der Waals surface area contributed by atoms with Crippen LogP contribution >= 0.6 is 0 Å². The maximum absolute atomic E-state index is 12.4. The zero-order chi connectivity index (χ0) is 14.0. The molecule has 1 N–H and O–H groups in total. The van der Waals surface area contributed by atoms with E-state index in [-0.39, 0.29) is 19.6 Å². The standard InChI is InChI=1S/C14H19N3O2.CH4/c1-4-16(5-2)13-11(9-18)14(19)17-8-6-7-10(3)12(17)15-13;/h6-8,18H,4-5,9H2,1-3H3;1H4. The minimum atomic E-state index is -0.297. The van der Waals surface area contributed by atoms with Crippen molar-refractivity contribution in [2.24, 2.45) is 0 Å². The molecule has 110 valence electrons. The Bertz CT molecular complexity index is 645. The fraction of sp³-hybridized carbons (Fsp3) is 0.467. The van der Waals surface area contributed by atoms with Crippen molar-refractivity contribution in [3.63, 3.8) is 0 Å². The van der Waals surface area contributed by atoms with Crippen LogP contribution in [-0.2, 0) is 6.61 Å². The average Bonchev–Trinajstić information content (AvgIpc) is 2.42. The van der Waals surface area contributed by atoms with E-state index in [4.69, 9.17) is 0 Å². The Morgan fingerprint density at radius 2 is 2.00 bits per heavy atom. The number of hydrogen-bond acceptors (Lipinski definition) is 4. The molecule has 0 aliphatic rings. The first kappa shape index (κ1) is 16.2. The van der Waals surface area contributed by atoms with Crippen molar-refractivity contribution in [2.45, 2.75) is 34.8 Å². The largest absolute Gasteiger partial charge is 0.391 e. The molecule has 20 heavy (non-hydrogen) atoms. The quantitative estimate of drug-likeness (QED) is 0.928. The van der Waals surface area contributed by atoms with E-state index < -0.39 is 0 Å². The first-order valence-electron chi connectivity index (χ1n) is 6.50. The van der Waals surface area contributed by atoms with Crippen LogP contribution in [0.5, 0.6) is 0 Å². The third kappa shape index (κ3) is 2.54. The molecule has 2 rings (SSSR count). The zero-order valence-corrected chi connectivity index (χ0v) is 11.6. The van der Waals surface area contributed by atoms with Crippen LogP contribution in [0.4, 0.5) is 5.82 Å². The van der Waals surface area contributed by atoms with Crippen LogP contribution in [0.1, 0.15) is 32.4 Å². The molecular formula is C15H23N3O2. The molecule has 5 nitrogen and oxygen atoms in total. The summed E-state index contributed by atoms with van der Waals surface area (Å²) in [5.41, 5.74) is 1.74. The molecule has 0 aliphatic carbocycles. The molecule has 0 saturated heterocycles. The SMILES string of the molecule is C.CCN(CC)c1nc2c(C)cccn2c(=O)c1CO. The lowest BCUT2D eigenvalue weighted by Crippen LogP contribution is -2.30. The van der Waals surface area contributed by atoms with Crippen molar-refractivity contribution in [3.05, 3.63) is 39.8 Å². The van der Waals surface area contributed by atoms with Gasteiger partial charge in [-0.25, -0.2) is 4.98 Å². The van der Waals surface area contributed by atoms with Crippen LogP contribution in [0.3, 0.4) is 0 Å². The summed E-state index contributed by atoms with van der Waals surface area (Å²) in [5.74, 6) is 0.590. The Labute approximate surface area is 119 Å². The summed E-state index contributed by atoms with van der Waals surface area (Å²) in [6.45, 7) is 7.13. The van der Waals surface area contributed by atoms with E-state index in [1.165, 1.54) is 4.40 Å². The Balaban J connectivity index is 0.00000200. The molecule has 0 bridgehead atoms. The first-order valence-corrected chi connectivity index (χ1v) is 6.50. The number of hydrogen-bond donors (Lipinski definition) is 1. The Kier molecular flexibility index (Phi) is 5.27. The number of aromatic nitrogens is 2. The number of rotatable bonds is 4. The van der Waals surface area contributed by atoms with E-state index in [0.717, 1.165) is 18.7 Å². The number of fused-ring (bicyclic) bond motifs is 1. The lowest BCUT2D eigenvalue weighted by molar-refractivity contribution is 0.279. The first-order chi connectivity index (χ1) is 9.13. The molecule has 0 saturated carbocycles. The summed E-state index contributed by atoms with van der Waals surface area (Å²) in [7, 11) is 0. The molecule has 2 heterocycles. The summed E-state index contributed by atoms with van der Waals surface area (Å²) in [6, 6.07) is 3.73. The highest BCUT2D eigenvalue weighted by molar-refractivity contribution is 5.56. The number of aliphatic hydroxyl groups excluding tert-OH is 1. The minimum Gasteiger partial charge on any atom is -0.391 e. The summed E-state index contributed by atoms with van der Waals surface area (Å²) in [6.07, 6.45) is 1.68. The Morgan fingerprint density at radius 3 is 2.55 bits per heavy atom. The highest BCUT2D eigenvalue weighted by atomic mass is 16.3. The van der Waals surface area contributed by atoms with Gasteiger partial charge in [-0.2, -0.15) is 0 Å². The second-order valence-corrected chi connectivity index (χ2v) is 4.43. The summed E-state index contributed by atoms with van der Waals surface area (Å²) in [4.78, 5) is 19.0. The molecule has 0 amide bonds. The second kappa shape index (κ2) is 6.52. The number of pyridine rings is 1. The molecular weight excluding hydrogens is 254 g/mol. The molecule has 0 spiro atoms. The van der Waals surface area contributed by atoms with Gasteiger partial charge in [-0.15, -0.1) is 0 Å². The van der Waals surface area contributed by atoms with Gasteiger partial charge in [0.25, 0.3) is 5.56 Å². The fourth-order valence-electron chi connectivity index (χ4n) is 2.25. The lowest BCUT2D eigenvalue weighted by atomic mass is 10.2. The van der Waals surface area contributed by atoms with Gasteiger partial charge in [-0.1, -0.05) is 13.5 Å². The van der Waals surface area contributed by atoms with Crippen molar-refractivity contribution >= 4 is 11.5 Å². The second-order valence-electron chi connectivity index (χ2n) is 4.43. The van der Waals surface area contributed by atoms with E-state index in [9.17, 15) is 9.90 Å². The van der Waals surface area contributed by atoms with Crippen LogP contribution in [0.25, 0.3) is 5.65 Å². The van der Waals surface area contributed by atoms with Crippen molar-refractivity contribution in [3.8, 4) is 0 Å². The topological polar surface area (TPSA) is 57.8 Å². The van der Waals surface area contributed by atoms with Crippen LogP contribution in [0.15, 0.2) is 23.1 Å². The molecule has 0 fully saturated rings. The molecule has 0 atom stereocenters. The monoisotopic (exact) mass is 277 g/mol. The molecule has 0 radical (unpaired) electrons.